The van der Waals surface area contributed by atoms with Crippen LogP contribution in [0, 0.1) is 0 Å². The largest absolute Gasteiger partial charge is 0.456 e. The maximum absolute atomic E-state index is 6.61. The fourth-order valence-electron chi connectivity index (χ4n) is 8.60. The number of nitrogens with one attached hydrogen (secondary N) is 1. The zero-order valence-electron chi connectivity index (χ0n) is 30.6. The van der Waals surface area contributed by atoms with Gasteiger partial charge in [0.25, 0.3) is 0 Å². The zero-order valence-corrected chi connectivity index (χ0v) is 31.4. The summed E-state index contributed by atoms with van der Waals surface area (Å²) in [7, 11) is 0. The molecule has 1 N–H and O–H groups in total. The maximum atomic E-state index is 6.61. The van der Waals surface area contributed by atoms with Crippen LogP contribution in [0.4, 0.5) is 0 Å². The van der Waals surface area contributed by atoms with Gasteiger partial charge in [0.05, 0.1) is 11.0 Å². The first-order valence-corrected chi connectivity index (χ1v) is 20.0. The first kappa shape index (κ1) is 32.0. The number of rotatable bonds is 5. The van der Waals surface area contributed by atoms with E-state index in [1.54, 1.807) is 0 Å². The number of benzene rings is 8. The molecule has 0 fully saturated rings. The van der Waals surface area contributed by atoms with Crippen LogP contribution in [0.3, 0.4) is 0 Å². The van der Waals surface area contributed by atoms with Crippen molar-refractivity contribution in [1.29, 1.82) is 0 Å². The number of aliphatic imine (C=N–C) groups is 2. The molecular formula is C51H32N4OS. The maximum Gasteiger partial charge on any atom is 0.159 e. The van der Waals surface area contributed by atoms with Crippen molar-refractivity contribution < 1.29 is 4.42 Å². The second-order valence-electron chi connectivity index (χ2n) is 14.6. The Morgan fingerprint density at radius 3 is 2.02 bits per heavy atom. The third kappa shape index (κ3) is 5.15. The van der Waals surface area contributed by atoms with Gasteiger partial charge >= 0.3 is 0 Å². The summed E-state index contributed by atoms with van der Waals surface area (Å²) < 4.78 is 11.5. The smallest absolute Gasteiger partial charge is 0.159 e. The Morgan fingerprint density at radius 1 is 0.509 bits per heavy atom. The topological polar surface area (TPSA) is 54.8 Å². The van der Waals surface area contributed by atoms with E-state index in [4.69, 9.17) is 14.4 Å². The summed E-state index contributed by atoms with van der Waals surface area (Å²) in [4.78, 5) is 10.2. The van der Waals surface area contributed by atoms with Gasteiger partial charge < -0.3 is 14.3 Å². The van der Waals surface area contributed by atoms with E-state index in [0.29, 0.717) is 5.84 Å². The van der Waals surface area contributed by atoms with Crippen molar-refractivity contribution in [2.75, 3.05) is 0 Å². The molecule has 1 unspecified atom stereocenters. The molecule has 0 amide bonds. The second-order valence-corrected chi connectivity index (χ2v) is 15.7. The van der Waals surface area contributed by atoms with Crippen molar-refractivity contribution >= 4 is 86.9 Å². The fraction of sp³-hybridized carbons (Fsp3) is 0.0196. The standard InChI is InChI=1S/C51H32N4OS/c1-3-12-31(13-4-1)49-52-50(32-14-5-2-6-15-32)54-51(53-49)40-18-11-21-44-48(40)39-25-22-34(29-45(39)56-44)33-23-27-46-41(28-33)38-26-24-35(30-47(38)57-46)55-42-19-9-7-16-36(42)37-17-8-10-20-43(37)55/h1-30,49H,(H,52,53,54). The summed E-state index contributed by atoms with van der Waals surface area (Å²) in [6.07, 6.45) is -0.280. The van der Waals surface area contributed by atoms with Crippen LogP contribution in [-0.2, 0) is 0 Å². The Balaban J connectivity index is 0.936. The molecule has 0 spiro atoms. The summed E-state index contributed by atoms with van der Waals surface area (Å²) in [6, 6.07) is 64.4. The Labute approximate surface area is 331 Å². The highest BCUT2D eigenvalue weighted by Crippen LogP contribution is 2.41. The van der Waals surface area contributed by atoms with Gasteiger partial charge in [0.2, 0.25) is 0 Å². The molecule has 1 aliphatic rings. The minimum atomic E-state index is -0.280. The predicted octanol–water partition coefficient (Wildman–Crippen LogP) is 13.2. The molecule has 1 aliphatic heterocycles. The monoisotopic (exact) mass is 748 g/mol. The van der Waals surface area contributed by atoms with Crippen molar-refractivity contribution in [2.24, 2.45) is 9.98 Å². The Morgan fingerprint density at radius 2 is 1.21 bits per heavy atom. The third-order valence-corrected chi connectivity index (χ3v) is 12.4. The van der Waals surface area contributed by atoms with Gasteiger partial charge in [-0.1, -0.05) is 127 Å². The summed E-state index contributed by atoms with van der Waals surface area (Å²) in [5, 5.41) is 10.8. The molecule has 0 bridgehead atoms. The molecular weight excluding hydrogens is 717 g/mol. The third-order valence-electron chi connectivity index (χ3n) is 11.3. The van der Waals surface area contributed by atoms with Crippen molar-refractivity contribution in [3.05, 3.63) is 199 Å². The molecule has 4 heterocycles. The summed E-state index contributed by atoms with van der Waals surface area (Å²) in [5.74, 6) is 1.47. The first-order chi connectivity index (χ1) is 28.2. The summed E-state index contributed by atoms with van der Waals surface area (Å²) in [6.45, 7) is 0. The quantitative estimate of drug-likeness (QED) is 0.191. The molecule has 5 nitrogen and oxygen atoms in total. The number of nitrogens with zero attached hydrogens (tertiary/aromatic N) is 3. The van der Waals surface area contributed by atoms with E-state index in [-0.39, 0.29) is 6.17 Å². The molecule has 268 valence electrons. The molecule has 0 aliphatic carbocycles. The van der Waals surface area contributed by atoms with Crippen LogP contribution in [0.2, 0.25) is 0 Å². The van der Waals surface area contributed by atoms with Gasteiger partial charge in [0, 0.05) is 58.5 Å². The van der Waals surface area contributed by atoms with Crippen molar-refractivity contribution in [3.63, 3.8) is 0 Å². The van der Waals surface area contributed by atoms with Gasteiger partial charge in [0.1, 0.15) is 23.2 Å². The molecule has 6 heteroatoms. The van der Waals surface area contributed by atoms with E-state index in [0.717, 1.165) is 55.6 Å². The van der Waals surface area contributed by atoms with Gasteiger partial charge in [-0.05, 0) is 71.3 Å². The number of fused-ring (bicyclic) bond motifs is 9. The zero-order chi connectivity index (χ0) is 37.5. The molecule has 0 saturated heterocycles. The lowest BCUT2D eigenvalue weighted by Gasteiger charge is -2.24. The highest BCUT2D eigenvalue weighted by Gasteiger charge is 2.24. The van der Waals surface area contributed by atoms with Crippen LogP contribution in [0.5, 0.6) is 0 Å². The van der Waals surface area contributed by atoms with Gasteiger partial charge in [-0.2, -0.15) is 0 Å². The van der Waals surface area contributed by atoms with E-state index in [1.165, 1.54) is 47.7 Å². The second kappa shape index (κ2) is 12.6. The van der Waals surface area contributed by atoms with Crippen LogP contribution in [0.25, 0.3) is 80.7 Å². The molecule has 57 heavy (non-hydrogen) atoms. The first-order valence-electron chi connectivity index (χ1n) is 19.2. The van der Waals surface area contributed by atoms with Crippen LogP contribution in [0.1, 0.15) is 22.9 Å². The van der Waals surface area contributed by atoms with Gasteiger partial charge in [-0.3, -0.25) is 0 Å². The van der Waals surface area contributed by atoms with Gasteiger partial charge in [-0.15, -0.1) is 11.3 Å². The number of hydrogen-bond donors (Lipinski definition) is 1. The Bertz CT molecular complexity index is 3390. The predicted molar refractivity (Wildman–Crippen MR) is 238 cm³/mol. The molecule has 0 saturated carbocycles. The van der Waals surface area contributed by atoms with Gasteiger partial charge in [-0.25, -0.2) is 9.98 Å². The highest BCUT2D eigenvalue weighted by molar-refractivity contribution is 7.25. The average molecular weight is 749 g/mol. The Kier molecular flexibility index (Phi) is 7.09. The number of furan rings is 1. The number of para-hydroxylation sites is 2. The lowest BCUT2D eigenvalue weighted by Crippen LogP contribution is -2.33. The minimum Gasteiger partial charge on any atom is -0.456 e. The molecule has 11 aromatic rings. The van der Waals surface area contributed by atoms with Crippen molar-refractivity contribution in [2.45, 2.75) is 6.17 Å². The van der Waals surface area contributed by atoms with Gasteiger partial charge in [0.15, 0.2) is 5.84 Å². The average Bonchev–Trinajstić information content (AvgIpc) is 3.95. The van der Waals surface area contributed by atoms with E-state index in [9.17, 15) is 0 Å². The summed E-state index contributed by atoms with van der Waals surface area (Å²) >= 11 is 1.85. The number of hydrogen-bond acceptors (Lipinski definition) is 5. The fourth-order valence-corrected chi connectivity index (χ4v) is 9.72. The lowest BCUT2D eigenvalue weighted by atomic mass is 9.99. The van der Waals surface area contributed by atoms with Crippen LogP contribution in [-0.4, -0.2) is 16.2 Å². The number of thiophene rings is 1. The van der Waals surface area contributed by atoms with E-state index >= 15 is 0 Å². The van der Waals surface area contributed by atoms with E-state index < -0.39 is 0 Å². The number of aromatic nitrogens is 1. The summed E-state index contributed by atoms with van der Waals surface area (Å²) in [5.41, 5.74) is 10.6. The van der Waals surface area contributed by atoms with E-state index in [1.807, 2.05) is 59.9 Å². The normalized spacial score (nSPS) is 14.5. The molecule has 0 radical (unpaired) electrons. The Hall–Kier alpha value is -7.28. The van der Waals surface area contributed by atoms with E-state index in [2.05, 4.69) is 143 Å². The molecule has 3 aromatic heterocycles. The SMILES string of the molecule is c1ccc(C2=NC(c3ccccc3)NC(c3cccc4oc5cc(-c6ccc7sc8cc(-n9c%10ccccc%10c%10ccccc%109)ccc8c7c6)ccc5c34)=N2)cc1. The van der Waals surface area contributed by atoms with Crippen LogP contribution < -0.4 is 5.32 Å². The van der Waals surface area contributed by atoms with Crippen LogP contribution >= 0.6 is 11.3 Å². The highest BCUT2D eigenvalue weighted by atomic mass is 32.1. The molecule has 12 rings (SSSR count). The van der Waals surface area contributed by atoms with Crippen molar-refractivity contribution in [3.8, 4) is 16.8 Å². The minimum absolute atomic E-state index is 0.280. The van der Waals surface area contributed by atoms with Crippen molar-refractivity contribution in [1.82, 2.24) is 9.88 Å². The lowest BCUT2D eigenvalue weighted by molar-refractivity contribution is 0.668. The molecule has 1 atom stereocenters. The van der Waals surface area contributed by atoms with Crippen LogP contribution in [0.15, 0.2) is 196 Å². The molecule has 8 aromatic carbocycles. The number of amidine groups is 2.